The minimum absolute atomic E-state index is 0.137. The first-order valence-electron chi connectivity index (χ1n) is 7.39. The number of fused-ring (bicyclic) bond motifs is 1. The van der Waals surface area contributed by atoms with Gasteiger partial charge in [0.05, 0.1) is 6.54 Å². The summed E-state index contributed by atoms with van der Waals surface area (Å²) in [5.41, 5.74) is 0. The van der Waals surface area contributed by atoms with E-state index in [-0.39, 0.29) is 5.91 Å². The van der Waals surface area contributed by atoms with Crippen LogP contribution in [0.4, 0.5) is 0 Å². The third kappa shape index (κ3) is 3.95. The molecular formula is C14H27N3O. The van der Waals surface area contributed by atoms with Crippen LogP contribution in [0, 0.1) is 5.92 Å². The molecule has 18 heavy (non-hydrogen) atoms. The fourth-order valence-corrected chi connectivity index (χ4v) is 3.03. The van der Waals surface area contributed by atoms with Crippen LogP contribution in [0.3, 0.4) is 0 Å². The summed E-state index contributed by atoms with van der Waals surface area (Å²) in [7, 11) is 0. The number of piperidine rings is 1. The van der Waals surface area contributed by atoms with E-state index in [1.165, 1.54) is 38.8 Å². The van der Waals surface area contributed by atoms with Crippen molar-refractivity contribution in [2.45, 2.75) is 51.6 Å². The van der Waals surface area contributed by atoms with Crippen LogP contribution >= 0.6 is 0 Å². The molecule has 1 amide bonds. The van der Waals surface area contributed by atoms with Gasteiger partial charge in [-0.1, -0.05) is 13.8 Å². The summed E-state index contributed by atoms with van der Waals surface area (Å²) < 4.78 is 0. The fourth-order valence-electron chi connectivity index (χ4n) is 3.03. The average molecular weight is 253 g/mol. The average Bonchev–Trinajstić information content (AvgIpc) is 2.81. The maximum atomic E-state index is 11.6. The quantitative estimate of drug-likeness (QED) is 0.767. The molecule has 2 fully saturated rings. The van der Waals surface area contributed by atoms with Crippen LogP contribution in [0.15, 0.2) is 0 Å². The number of nitrogens with one attached hydrogen (secondary N) is 2. The summed E-state index contributed by atoms with van der Waals surface area (Å²) in [6, 6.07) is 1.31. The third-order valence-electron chi connectivity index (χ3n) is 4.08. The summed E-state index contributed by atoms with van der Waals surface area (Å²) in [4.78, 5) is 14.2. The second-order valence-electron chi connectivity index (χ2n) is 6.13. The van der Waals surface area contributed by atoms with Gasteiger partial charge < -0.3 is 15.5 Å². The maximum absolute atomic E-state index is 11.6. The molecular weight excluding hydrogens is 226 g/mol. The largest absolute Gasteiger partial charge is 0.355 e. The first-order chi connectivity index (χ1) is 8.65. The molecule has 2 saturated heterocycles. The van der Waals surface area contributed by atoms with Crippen LogP contribution in [0.1, 0.15) is 39.5 Å². The van der Waals surface area contributed by atoms with Gasteiger partial charge in [0.1, 0.15) is 0 Å². The van der Waals surface area contributed by atoms with Gasteiger partial charge in [-0.3, -0.25) is 4.79 Å². The minimum Gasteiger partial charge on any atom is -0.355 e. The highest BCUT2D eigenvalue weighted by atomic mass is 16.1. The molecule has 2 aliphatic rings. The van der Waals surface area contributed by atoms with Crippen LogP contribution in [0.2, 0.25) is 0 Å². The van der Waals surface area contributed by atoms with E-state index in [4.69, 9.17) is 0 Å². The van der Waals surface area contributed by atoms with Crippen LogP contribution < -0.4 is 10.6 Å². The van der Waals surface area contributed by atoms with Crippen molar-refractivity contribution in [2.75, 3.05) is 26.2 Å². The zero-order valence-electron chi connectivity index (χ0n) is 11.7. The van der Waals surface area contributed by atoms with Crippen molar-refractivity contribution >= 4 is 5.91 Å². The van der Waals surface area contributed by atoms with E-state index in [0.29, 0.717) is 18.5 Å². The zero-order valence-corrected chi connectivity index (χ0v) is 11.7. The van der Waals surface area contributed by atoms with Gasteiger partial charge in [0.25, 0.3) is 0 Å². The van der Waals surface area contributed by atoms with Gasteiger partial charge >= 0.3 is 0 Å². The molecule has 4 heteroatoms. The van der Waals surface area contributed by atoms with Crippen LogP contribution in [-0.2, 0) is 4.79 Å². The van der Waals surface area contributed by atoms with Crippen molar-refractivity contribution in [3.63, 3.8) is 0 Å². The van der Waals surface area contributed by atoms with E-state index in [9.17, 15) is 4.79 Å². The zero-order chi connectivity index (χ0) is 13.0. The van der Waals surface area contributed by atoms with Gasteiger partial charge in [-0.15, -0.1) is 0 Å². The van der Waals surface area contributed by atoms with Gasteiger partial charge in [0, 0.05) is 18.6 Å². The Morgan fingerprint density at radius 3 is 2.94 bits per heavy atom. The van der Waals surface area contributed by atoms with Crippen LogP contribution in [0.25, 0.3) is 0 Å². The SMILES string of the molecule is CC(C)CNC(=O)CNC1CCN2CCCC2C1. The lowest BCUT2D eigenvalue weighted by Crippen LogP contribution is -2.48. The lowest BCUT2D eigenvalue weighted by Gasteiger charge is -2.35. The molecule has 2 unspecified atom stereocenters. The molecule has 2 rings (SSSR count). The first-order valence-corrected chi connectivity index (χ1v) is 7.39. The molecule has 0 aromatic heterocycles. The highest BCUT2D eigenvalue weighted by Gasteiger charge is 2.31. The molecule has 2 atom stereocenters. The van der Waals surface area contributed by atoms with Crippen molar-refractivity contribution in [3.05, 3.63) is 0 Å². The van der Waals surface area contributed by atoms with Crippen molar-refractivity contribution in [1.29, 1.82) is 0 Å². The molecule has 0 bridgehead atoms. The van der Waals surface area contributed by atoms with E-state index in [2.05, 4.69) is 29.4 Å². The highest BCUT2D eigenvalue weighted by Crippen LogP contribution is 2.26. The second-order valence-corrected chi connectivity index (χ2v) is 6.13. The summed E-state index contributed by atoms with van der Waals surface area (Å²) in [6.45, 7) is 7.97. The molecule has 0 radical (unpaired) electrons. The minimum atomic E-state index is 0.137. The number of amides is 1. The summed E-state index contributed by atoms with van der Waals surface area (Å²) >= 11 is 0. The molecule has 4 nitrogen and oxygen atoms in total. The number of hydrogen-bond donors (Lipinski definition) is 2. The molecule has 2 N–H and O–H groups in total. The Hall–Kier alpha value is -0.610. The summed E-state index contributed by atoms with van der Waals surface area (Å²) in [6.07, 6.45) is 5.11. The van der Waals surface area contributed by atoms with Crippen molar-refractivity contribution in [2.24, 2.45) is 5.92 Å². The lowest BCUT2D eigenvalue weighted by atomic mass is 9.97. The van der Waals surface area contributed by atoms with E-state index in [0.717, 1.165) is 12.6 Å². The fraction of sp³-hybridized carbons (Fsp3) is 0.929. The molecule has 0 aromatic carbocycles. The molecule has 2 heterocycles. The van der Waals surface area contributed by atoms with Gasteiger partial charge in [-0.2, -0.15) is 0 Å². The Kier molecular flexibility index (Phi) is 5.01. The lowest BCUT2D eigenvalue weighted by molar-refractivity contribution is -0.120. The normalized spacial score (nSPS) is 28.4. The Morgan fingerprint density at radius 1 is 1.33 bits per heavy atom. The second kappa shape index (κ2) is 6.53. The van der Waals surface area contributed by atoms with Crippen LogP contribution in [-0.4, -0.2) is 49.1 Å². The molecule has 0 aromatic rings. The van der Waals surface area contributed by atoms with E-state index in [1.54, 1.807) is 0 Å². The summed E-state index contributed by atoms with van der Waals surface area (Å²) in [5, 5.41) is 6.38. The number of carbonyl (C=O) groups excluding carboxylic acids is 1. The molecule has 0 saturated carbocycles. The smallest absolute Gasteiger partial charge is 0.233 e. The number of rotatable bonds is 5. The molecule has 0 spiro atoms. The Morgan fingerprint density at radius 2 is 2.17 bits per heavy atom. The highest BCUT2D eigenvalue weighted by molar-refractivity contribution is 5.77. The monoisotopic (exact) mass is 253 g/mol. The maximum Gasteiger partial charge on any atom is 0.233 e. The van der Waals surface area contributed by atoms with E-state index in [1.807, 2.05) is 0 Å². The predicted molar refractivity (Wildman–Crippen MR) is 73.5 cm³/mol. The van der Waals surface area contributed by atoms with Gasteiger partial charge in [-0.05, 0) is 44.7 Å². The summed E-state index contributed by atoms with van der Waals surface area (Å²) in [5.74, 6) is 0.660. The predicted octanol–water partition coefficient (Wildman–Crippen LogP) is 0.975. The molecule has 104 valence electrons. The standard InChI is InChI=1S/C14H27N3O/c1-11(2)9-16-14(18)10-15-12-5-7-17-6-3-4-13(17)8-12/h11-13,15H,3-10H2,1-2H3,(H,16,18). The third-order valence-corrected chi connectivity index (χ3v) is 4.08. The number of nitrogens with zero attached hydrogens (tertiary/aromatic N) is 1. The number of hydrogen-bond acceptors (Lipinski definition) is 3. The van der Waals surface area contributed by atoms with Gasteiger partial charge in [0.15, 0.2) is 0 Å². The molecule has 2 aliphatic heterocycles. The van der Waals surface area contributed by atoms with Gasteiger partial charge in [-0.25, -0.2) is 0 Å². The van der Waals surface area contributed by atoms with Crippen molar-refractivity contribution in [3.8, 4) is 0 Å². The van der Waals surface area contributed by atoms with Gasteiger partial charge in [0.2, 0.25) is 5.91 Å². The first kappa shape index (κ1) is 13.8. The topological polar surface area (TPSA) is 44.4 Å². The molecule has 0 aliphatic carbocycles. The Labute approximate surface area is 110 Å². The van der Waals surface area contributed by atoms with Crippen LogP contribution in [0.5, 0.6) is 0 Å². The van der Waals surface area contributed by atoms with Crippen molar-refractivity contribution in [1.82, 2.24) is 15.5 Å². The Bertz CT molecular complexity index is 280. The Balaban J connectivity index is 1.63. The van der Waals surface area contributed by atoms with Crippen molar-refractivity contribution < 1.29 is 4.79 Å². The van der Waals surface area contributed by atoms with E-state index < -0.39 is 0 Å². The number of carbonyl (C=O) groups is 1. The van der Waals surface area contributed by atoms with E-state index >= 15 is 0 Å².